The smallest absolute Gasteiger partial charge is 0.162 e. The summed E-state index contributed by atoms with van der Waals surface area (Å²) in [5.74, 6) is 0.907. The Labute approximate surface area is 258 Å². The topological polar surface area (TPSA) is 81.2 Å². The standard InChI is InChI=1S/C36H28BrN5O/c37-24-10-7-11-25(22-24)40-35-34(20-9-21-38-35)42-36(30-16-3-1-14-28(30)29-15-2-4-17-31(29)36)41-33-19-6-5-18-32(33)39-26-12-8-13-27(43)23-26/h1-23,39,41-43H,(H,38,40). The molecule has 0 spiro atoms. The van der Waals surface area contributed by atoms with Crippen molar-refractivity contribution >= 4 is 50.2 Å². The van der Waals surface area contributed by atoms with Gasteiger partial charge in [0.1, 0.15) is 5.75 Å². The number of phenolic OH excluding ortho intramolecular Hbond substituents is 1. The van der Waals surface area contributed by atoms with Crippen LogP contribution in [0.4, 0.5) is 34.3 Å². The third-order valence-corrected chi connectivity index (χ3v) is 8.04. The highest BCUT2D eigenvalue weighted by Crippen LogP contribution is 2.50. The maximum Gasteiger partial charge on any atom is 0.162 e. The summed E-state index contributed by atoms with van der Waals surface area (Å²) >= 11 is 3.58. The molecule has 0 saturated carbocycles. The van der Waals surface area contributed by atoms with E-state index in [1.54, 1.807) is 18.3 Å². The van der Waals surface area contributed by atoms with Crippen LogP contribution in [0.5, 0.6) is 5.75 Å². The second-order valence-corrected chi connectivity index (χ2v) is 11.3. The number of para-hydroxylation sites is 2. The van der Waals surface area contributed by atoms with E-state index in [9.17, 15) is 5.11 Å². The molecule has 0 bridgehead atoms. The van der Waals surface area contributed by atoms with E-state index in [4.69, 9.17) is 4.98 Å². The highest BCUT2D eigenvalue weighted by Gasteiger charge is 2.44. The molecule has 0 radical (unpaired) electrons. The minimum Gasteiger partial charge on any atom is -0.508 e. The molecule has 1 aliphatic carbocycles. The molecule has 7 rings (SSSR count). The van der Waals surface area contributed by atoms with Crippen LogP contribution in [-0.4, -0.2) is 10.1 Å². The number of pyridine rings is 1. The number of aromatic hydroxyl groups is 1. The molecule has 210 valence electrons. The number of nitrogens with one attached hydrogen (secondary N) is 4. The number of rotatable bonds is 8. The molecule has 0 saturated heterocycles. The number of fused-ring (bicyclic) bond motifs is 3. The first-order valence-corrected chi connectivity index (χ1v) is 14.8. The minimum atomic E-state index is -0.847. The van der Waals surface area contributed by atoms with Gasteiger partial charge in [0, 0.05) is 39.2 Å². The van der Waals surface area contributed by atoms with Crippen molar-refractivity contribution in [2.45, 2.75) is 5.66 Å². The van der Waals surface area contributed by atoms with Crippen molar-refractivity contribution in [3.63, 3.8) is 0 Å². The Kier molecular flexibility index (Phi) is 6.93. The van der Waals surface area contributed by atoms with Crippen LogP contribution in [0.25, 0.3) is 11.1 Å². The van der Waals surface area contributed by atoms with Crippen LogP contribution >= 0.6 is 15.9 Å². The fraction of sp³-hybridized carbons (Fsp3) is 0.0278. The molecule has 0 unspecified atom stereocenters. The summed E-state index contributed by atoms with van der Waals surface area (Å²) in [6.45, 7) is 0. The molecule has 5 aromatic carbocycles. The predicted molar refractivity (Wildman–Crippen MR) is 179 cm³/mol. The number of phenols is 1. The normalized spacial score (nSPS) is 12.6. The van der Waals surface area contributed by atoms with Gasteiger partial charge in [-0.25, -0.2) is 4.98 Å². The molecule has 1 aliphatic rings. The monoisotopic (exact) mass is 625 g/mol. The lowest BCUT2D eigenvalue weighted by Gasteiger charge is -2.37. The van der Waals surface area contributed by atoms with Gasteiger partial charge < -0.3 is 26.4 Å². The van der Waals surface area contributed by atoms with Crippen molar-refractivity contribution in [3.05, 3.63) is 155 Å². The lowest BCUT2D eigenvalue weighted by molar-refractivity contribution is 0.475. The number of benzene rings is 5. The molecular weight excluding hydrogens is 598 g/mol. The maximum atomic E-state index is 10.1. The summed E-state index contributed by atoms with van der Waals surface area (Å²) in [5, 5.41) is 24.9. The van der Waals surface area contributed by atoms with Crippen molar-refractivity contribution in [1.82, 2.24) is 4.98 Å². The average molecular weight is 627 g/mol. The lowest BCUT2D eigenvalue weighted by atomic mass is 9.95. The Morgan fingerprint density at radius 2 is 1.16 bits per heavy atom. The lowest BCUT2D eigenvalue weighted by Crippen LogP contribution is -2.43. The first kappa shape index (κ1) is 26.6. The van der Waals surface area contributed by atoms with E-state index in [-0.39, 0.29) is 5.75 Å². The van der Waals surface area contributed by atoms with E-state index in [0.29, 0.717) is 5.82 Å². The Hall–Kier alpha value is -5.27. The van der Waals surface area contributed by atoms with Crippen molar-refractivity contribution in [2.24, 2.45) is 0 Å². The van der Waals surface area contributed by atoms with Crippen LogP contribution in [0.15, 0.2) is 144 Å². The van der Waals surface area contributed by atoms with Crippen molar-refractivity contribution in [3.8, 4) is 16.9 Å². The summed E-state index contributed by atoms with van der Waals surface area (Å²) < 4.78 is 0.982. The van der Waals surface area contributed by atoms with E-state index < -0.39 is 5.66 Å². The molecule has 1 heterocycles. The molecule has 0 amide bonds. The van der Waals surface area contributed by atoms with Crippen LogP contribution in [0.1, 0.15) is 11.1 Å². The van der Waals surface area contributed by atoms with E-state index in [1.165, 1.54) is 0 Å². The van der Waals surface area contributed by atoms with Gasteiger partial charge in [-0.15, -0.1) is 0 Å². The van der Waals surface area contributed by atoms with Crippen LogP contribution in [0.3, 0.4) is 0 Å². The highest BCUT2D eigenvalue weighted by atomic mass is 79.9. The SMILES string of the molecule is Oc1cccc(Nc2ccccc2NC2(Nc3cccnc3Nc3cccc(Br)c3)c3ccccc3-c3ccccc32)c1. The van der Waals surface area contributed by atoms with Crippen LogP contribution in [-0.2, 0) is 5.66 Å². The van der Waals surface area contributed by atoms with E-state index in [2.05, 4.69) is 91.8 Å². The largest absolute Gasteiger partial charge is 0.508 e. The zero-order valence-electron chi connectivity index (χ0n) is 23.1. The Morgan fingerprint density at radius 1 is 0.558 bits per heavy atom. The highest BCUT2D eigenvalue weighted by molar-refractivity contribution is 9.10. The summed E-state index contributed by atoms with van der Waals surface area (Å²) in [4.78, 5) is 4.72. The number of nitrogens with zero attached hydrogens (tertiary/aromatic N) is 1. The van der Waals surface area contributed by atoms with Gasteiger partial charge in [0.15, 0.2) is 11.5 Å². The molecule has 0 fully saturated rings. The number of hydrogen-bond donors (Lipinski definition) is 5. The van der Waals surface area contributed by atoms with Crippen LogP contribution < -0.4 is 21.3 Å². The Bertz CT molecular complexity index is 1800. The third-order valence-electron chi connectivity index (χ3n) is 7.54. The first-order chi connectivity index (χ1) is 21.1. The fourth-order valence-corrected chi connectivity index (χ4v) is 6.09. The first-order valence-electron chi connectivity index (χ1n) is 14.0. The van der Waals surface area contributed by atoms with Crippen LogP contribution in [0.2, 0.25) is 0 Å². The van der Waals surface area contributed by atoms with Gasteiger partial charge in [0.2, 0.25) is 0 Å². The molecule has 0 atom stereocenters. The number of anilines is 6. The number of hydrogen-bond acceptors (Lipinski definition) is 6. The molecule has 5 N–H and O–H groups in total. The zero-order valence-corrected chi connectivity index (χ0v) is 24.6. The summed E-state index contributed by atoms with van der Waals surface area (Å²) in [6, 6.07) is 44.2. The zero-order chi connectivity index (χ0) is 29.2. The van der Waals surface area contributed by atoms with Crippen molar-refractivity contribution in [2.75, 3.05) is 21.3 Å². The average Bonchev–Trinajstić information content (AvgIpc) is 3.29. The Morgan fingerprint density at radius 3 is 1.88 bits per heavy atom. The summed E-state index contributed by atoms with van der Waals surface area (Å²) in [5.41, 5.74) is 7.96. The second kappa shape index (κ2) is 11.2. The molecule has 43 heavy (non-hydrogen) atoms. The van der Waals surface area contributed by atoms with E-state index in [0.717, 1.165) is 55.2 Å². The maximum absolute atomic E-state index is 10.1. The van der Waals surface area contributed by atoms with Crippen molar-refractivity contribution < 1.29 is 5.11 Å². The third kappa shape index (κ3) is 5.15. The van der Waals surface area contributed by atoms with Crippen LogP contribution in [0, 0.1) is 0 Å². The molecule has 7 heteroatoms. The van der Waals surface area contributed by atoms with Gasteiger partial charge in [-0.2, -0.15) is 0 Å². The molecular formula is C36H28BrN5O. The van der Waals surface area contributed by atoms with Crippen molar-refractivity contribution in [1.29, 1.82) is 0 Å². The summed E-state index contributed by atoms with van der Waals surface area (Å²) in [6.07, 6.45) is 1.79. The molecule has 1 aromatic heterocycles. The Balaban J connectivity index is 1.36. The molecule has 6 nitrogen and oxygen atoms in total. The van der Waals surface area contributed by atoms with Gasteiger partial charge in [-0.05, 0) is 65.7 Å². The second-order valence-electron chi connectivity index (χ2n) is 10.3. The fourth-order valence-electron chi connectivity index (χ4n) is 5.69. The number of halogens is 1. The minimum absolute atomic E-state index is 0.203. The van der Waals surface area contributed by atoms with Gasteiger partial charge in [0.05, 0.1) is 17.1 Å². The van der Waals surface area contributed by atoms with Gasteiger partial charge in [0.25, 0.3) is 0 Å². The van der Waals surface area contributed by atoms with E-state index >= 15 is 0 Å². The predicted octanol–water partition coefficient (Wildman–Crippen LogP) is 9.44. The van der Waals surface area contributed by atoms with Gasteiger partial charge >= 0.3 is 0 Å². The molecule has 0 aliphatic heterocycles. The number of aromatic nitrogens is 1. The van der Waals surface area contributed by atoms with Gasteiger partial charge in [-0.1, -0.05) is 88.7 Å². The summed E-state index contributed by atoms with van der Waals surface area (Å²) in [7, 11) is 0. The van der Waals surface area contributed by atoms with E-state index in [1.807, 2.05) is 66.7 Å². The quantitative estimate of drug-likeness (QED) is 0.108. The van der Waals surface area contributed by atoms with Gasteiger partial charge in [-0.3, -0.25) is 0 Å². The molecule has 6 aromatic rings.